The standard InChI is InChI=1S/C16H24N2O3/c1-2-15(17)12-3-5-14(6-4-12)21-11-16(19)18-13-7-9-20-10-8-13/h3-6,13,15H,2,7-11,17H2,1H3,(H,18,19). The van der Waals surface area contributed by atoms with E-state index in [1.54, 1.807) is 0 Å². The normalized spacial score (nSPS) is 17.2. The Morgan fingerprint density at radius 1 is 1.38 bits per heavy atom. The van der Waals surface area contributed by atoms with Crippen molar-refractivity contribution in [1.82, 2.24) is 5.32 Å². The molecule has 0 spiro atoms. The summed E-state index contributed by atoms with van der Waals surface area (Å²) < 4.78 is 10.8. The maximum atomic E-state index is 11.8. The lowest BCUT2D eigenvalue weighted by atomic mass is 10.1. The summed E-state index contributed by atoms with van der Waals surface area (Å²) in [5.41, 5.74) is 7.04. The average Bonchev–Trinajstić information content (AvgIpc) is 2.53. The summed E-state index contributed by atoms with van der Waals surface area (Å²) in [7, 11) is 0. The van der Waals surface area contributed by atoms with Crippen LogP contribution in [0.15, 0.2) is 24.3 Å². The first-order valence-corrected chi connectivity index (χ1v) is 7.54. The first-order chi connectivity index (χ1) is 10.2. The summed E-state index contributed by atoms with van der Waals surface area (Å²) in [6.07, 6.45) is 2.64. The highest BCUT2D eigenvalue weighted by Gasteiger charge is 2.16. The van der Waals surface area contributed by atoms with E-state index in [1.807, 2.05) is 24.3 Å². The molecule has 1 unspecified atom stereocenters. The van der Waals surface area contributed by atoms with Crippen molar-refractivity contribution in [2.45, 2.75) is 38.3 Å². The molecule has 1 saturated heterocycles. The first kappa shape index (κ1) is 15.8. The Morgan fingerprint density at radius 3 is 2.67 bits per heavy atom. The Bertz CT molecular complexity index is 441. The minimum atomic E-state index is -0.0868. The predicted molar refractivity (Wildman–Crippen MR) is 81.1 cm³/mol. The molecular formula is C16H24N2O3. The van der Waals surface area contributed by atoms with Gasteiger partial charge in [0, 0.05) is 25.3 Å². The molecule has 5 nitrogen and oxygen atoms in total. The third kappa shape index (κ3) is 5.02. The number of carbonyl (C=O) groups is 1. The van der Waals surface area contributed by atoms with Crippen LogP contribution in [0, 0.1) is 0 Å². The first-order valence-electron chi connectivity index (χ1n) is 7.54. The lowest BCUT2D eigenvalue weighted by molar-refractivity contribution is -0.124. The third-order valence-corrected chi connectivity index (χ3v) is 3.70. The second kappa shape index (κ2) is 8.00. The fraction of sp³-hybridized carbons (Fsp3) is 0.562. The molecule has 1 atom stereocenters. The SMILES string of the molecule is CCC(N)c1ccc(OCC(=O)NC2CCOCC2)cc1. The molecule has 1 heterocycles. The van der Waals surface area contributed by atoms with Gasteiger partial charge >= 0.3 is 0 Å². The van der Waals surface area contributed by atoms with Crippen molar-refractivity contribution in [2.75, 3.05) is 19.8 Å². The van der Waals surface area contributed by atoms with Crippen LogP contribution in [0.3, 0.4) is 0 Å². The molecule has 0 saturated carbocycles. The Labute approximate surface area is 125 Å². The molecule has 0 aliphatic carbocycles. The van der Waals surface area contributed by atoms with Crippen LogP contribution in [-0.4, -0.2) is 31.8 Å². The summed E-state index contributed by atoms with van der Waals surface area (Å²) in [6.45, 7) is 3.52. The Morgan fingerprint density at radius 2 is 2.05 bits per heavy atom. The van der Waals surface area contributed by atoms with Crippen LogP contribution in [0.5, 0.6) is 5.75 Å². The summed E-state index contributed by atoms with van der Waals surface area (Å²) >= 11 is 0. The topological polar surface area (TPSA) is 73.6 Å². The molecule has 2 rings (SSSR count). The van der Waals surface area contributed by atoms with Gasteiger partial charge in [-0.2, -0.15) is 0 Å². The number of amides is 1. The van der Waals surface area contributed by atoms with Crippen LogP contribution in [0.1, 0.15) is 37.8 Å². The van der Waals surface area contributed by atoms with Crippen molar-refractivity contribution >= 4 is 5.91 Å². The molecule has 3 N–H and O–H groups in total. The van der Waals surface area contributed by atoms with Gasteiger partial charge in [0.05, 0.1) is 0 Å². The zero-order valence-electron chi connectivity index (χ0n) is 12.5. The molecule has 1 aromatic rings. The van der Waals surface area contributed by atoms with Crippen LogP contribution in [0.2, 0.25) is 0 Å². The van der Waals surface area contributed by atoms with Gasteiger partial charge in [-0.3, -0.25) is 4.79 Å². The second-order valence-electron chi connectivity index (χ2n) is 5.33. The summed E-state index contributed by atoms with van der Waals surface area (Å²) in [5.74, 6) is 0.598. The smallest absolute Gasteiger partial charge is 0.258 e. The van der Waals surface area contributed by atoms with E-state index in [1.165, 1.54) is 0 Å². The van der Waals surface area contributed by atoms with Gasteiger partial charge in [-0.1, -0.05) is 19.1 Å². The average molecular weight is 292 g/mol. The molecule has 21 heavy (non-hydrogen) atoms. The van der Waals surface area contributed by atoms with Gasteiger partial charge in [0.1, 0.15) is 5.75 Å². The predicted octanol–water partition coefficient (Wildman–Crippen LogP) is 1.77. The van der Waals surface area contributed by atoms with E-state index in [-0.39, 0.29) is 24.6 Å². The van der Waals surface area contributed by atoms with Crippen molar-refractivity contribution < 1.29 is 14.3 Å². The molecule has 1 fully saturated rings. The van der Waals surface area contributed by atoms with Gasteiger partial charge in [-0.15, -0.1) is 0 Å². The highest BCUT2D eigenvalue weighted by atomic mass is 16.5. The maximum absolute atomic E-state index is 11.8. The number of nitrogens with two attached hydrogens (primary N) is 1. The van der Waals surface area contributed by atoms with E-state index in [0.29, 0.717) is 19.0 Å². The molecule has 0 bridgehead atoms. The number of benzene rings is 1. The van der Waals surface area contributed by atoms with E-state index in [2.05, 4.69) is 12.2 Å². The van der Waals surface area contributed by atoms with Crippen molar-refractivity contribution in [3.63, 3.8) is 0 Å². The Kier molecular flexibility index (Phi) is 6.02. The Balaban J connectivity index is 1.75. The minimum absolute atomic E-state index is 0.0382. The summed E-state index contributed by atoms with van der Waals surface area (Å²) in [4.78, 5) is 11.8. The molecule has 5 heteroatoms. The quantitative estimate of drug-likeness (QED) is 0.838. The largest absolute Gasteiger partial charge is 0.484 e. The van der Waals surface area contributed by atoms with E-state index < -0.39 is 0 Å². The Hall–Kier alpha value is -1.59. The second-order valence-corrected chi connectivity index (χ2v) is 5.33. The van der Waals surface area contributed by atoms with Crippen molar-refractivity contribution in [3.8, 4) is 5.75 Å². The lowest BCUT2D eigenvalue weighted by Crippen LogP contribution is -2.41. The van der Waals surface area contributed by atoms with Crippen LogP contribution >= 0.6 is 0 Å². The van der Waals surface area contributed by atoms with Gasteiger partial charge in [0.2, 0.25) is 0 Å². The van der Waals surface area contributed by atoms with Gasteiger partial charge in [-0.05, 0) is 37.0 Å². The van der Waals surface area contributed by atoms with Crippen molar-refractivity contribution in [1.29, 1.82) is 0 Å². The number of hydrogen-bond donors (Lipinski definition) is 2. The molecule has 1 amide bonds. The fourth-order valence-electron chi connectivity index (χ4n) is 2.31. The zero-order chi connectivity index (χ0) is 15.1. The molecular weight excluding hydrogens is 268 g/mol. The molecule has 1 aromatic carbocycles. The van der Waals surface area contributed by atoms with Crippen LogP contribution in [0.25, 0.3) is 0 Å². The zero-order valence-corrected chi connectivity index (χ0v) is 12.5. The van der Waals surface area contributed by atoms with Crippen LogP contribution in [0.4, 0.5) is 0 Å². The van der Waals surface area contributed by atoms with E-state index in [4.69, 9.17) is 15.2 Å². The lowest BCUT2D eigenvalue weighted by Gasteiger charge is -2.23. The number of carbonyl (C=O) groups excluding carboxylic acids is 1. The number of ether oxygens (including phenoxy) is 2. The maximum Gasteiger partial charge on any atom is 0.258 e. The fourth-order valence-corrected chi connectivity index (χ4v) is 2.31. The van der Waals surface area contributed by atoms with Crippen LogP contribution in [-0.2, 0) is 9.53 Å². The highest BCUT2D eigenvalue weighted by molar-refractivity contribution is 5.77. The van der Waals surface area contributed by atoms with Crippen molar-refractivity contribution in [3.05, 3.63) is 29.8 Å². The van der Waals surface area contributed by atoms with Gasteiger partial charge in [-0.25, -0.2) is 0 Å². The number of hydrogen-bond acceptors (Lipinski definition) is 4. The highest BCUT2D eigenvalue weighted by Crippen LogP contribution is 2.18. The molecule has 1 aliphatic rings. The monoisotopic (exact) mass is 292 g/mol. The van der Waals surface area contributed by atoms with Crippen molar-refractivity contribution in [2.24, 2.45) is 5.73 Å². The van der Waals surface area contributed by atoms with Gasteiger partial charge in [0.25, 0.3) is 5.91 Å². The summed E-state index contributed by atoms with van der Waals surface area (Å²) in [5, 5.41) is 2.96. The van der Waals surface area contributed by atoms with Gasteiger partial charge < -0.3 is 20.5 Å². The van der Waals surface area contributed by atoms with E-state index >= 15 is 0 Å². The number of nitrogens with one attached hydrogen (secondary N) is 1. The summed E-state index contributed by atoms with van der Waals surface area (Å²) in [6, 6.07) is 7.86. The number of rotatable bonds is 6. The third-order valence-electron chi connectivity index (χ3n) is 3.70. The van der Waals surface area contributed by atoms with E-state index in [9.17, 15) is 4.79 Å². The molecule has 0 radical (unpaired) electrons. The molecule has 1 aliphatic heterocycles. The molecule has 116 valence electrons. The van der Waals surface area contributed by atoms with Crippen LogP contribution < -0.4 is 15.8 Å². The minimum Gasteiger partial charge on any atom is -0.484 e. The van der Waals surface area contributed by atoms with Gasteiger partial charge in [0.15, 0.2) is 6.61 Å². The molecule has 0 aromatic heterocycles. The van der Waals surface area contributed by atoms with E-state index in [0.717, 1.165) is 24.8 Å².